The molecule has 23 heavy (non-hydrogen) atoms. The predicted octanol–water partition coefficient (Wildman–Crippen LogP) is 1.74. The second-order valence-corrected chi connectivity index (χ2v) is 7.33. The largest absolute Gasteiger partial charge is 0.341 e. The normalized spacial score (nSPS) is 23.5. The molecule has 0 aromatic heterocycles. The molecule has 2 amide bonds. The Kier molecular flexibility index (Phi) is 5.60. The van der Waals surface area contributed by atoms with Crippen LogP contribution in [0.15, 0.2) is 29.2 Å². The zero-order valence-electron chi connectivity index (χ0n) is 13.2. The van der Waals surface area contributed by atoms with E-state index in [9.17, 15) is 9.59 Å². The van der Waals surface area contributed by atoms with Crippen LogP contribution in [0.1, 0.15) is 13.3 Å². The van der Waals surface area contributed by atoms with E-state index in [-0.39, 0.29) is 36.2 Å². The molecule has 1 aromatic carbocycles. The molecule has 0 spiro atoms. The Morgan fingerprint density at radius 2 is 2.13 bits per heavy atom. The van der Waals surface area contributed by atoms with E-state index in [2.05, 4.69) is 6.92 Å². The van der Waals surface area contributed by atoms with Gasteiger partial charge in [0, 0.05) is 18.0 Å². The molecular formula is C16H22ClN3O2S. The summed E-state index contributed by atoms with van der Waals surface area (Å²) in [5.41, 5.74) is 6.65. The highest BCUT2D eigenvalue weighted by Gasteiger charge is 2.36. The number of nitrogens with zero attached hydrogens (tertiary/aromatic N) is 2. The highest BCUT2D eigenvalue weighted by atomic mass is 35.5. The maximum atomic E-state index is 12.6. The first-order valence-corrected chi connectivity index (χ1v) is 8.51. The molecule has 1 fully saturated rings. The fourth-order valence-electron chi connectivity index (χ4n) is 2.97. The minimum atomic E-state index is -0.00201. The van der Waals surface area contributed by atoms with Crippen molar-refractivity contribution in [1.29, 1.82) is 0 Å². The van der Waals surface area contributed by atoms with Gasteiger partial charge in [-0.3, -0.25) is 9.59 Å². The monoisotopic (exact) mass is 355 g/mol. The van der Waals surface area contributed by atoms with E-state index in [0.717, 1.165) is 23.5 Å². The third kappa shape index (κ3) is 3.65. The zero-order valence-corrected chi connectivity index (χ0v) is 14.8. The molecule has 1 atom stereocenters. The molecule has 1 saturated heterocycles. The molecule has 0 radical (unpaired) electrons. The van der Waals surface area contributed by atoms with Crippen molar-refractivity contribution in [1.82, 2.24) is 4.90 Å². The van der Waals surface area contributed by atoms with E-state index in [0.29, 0.717) is 18.8 Å². The Morgan fingerprint density at radius 3 is 2.83 bits per heavy atom. The number of anilines is 1. The first-order chi connectivity index (χ1) is 10.5. The molecule has 2 N–H and O–H groups in total. The molecule has 0 aliphatic carbocycles. The van der Waals surface area contributed by atoms with Crippen molar-refractivity contribution in [3.8, 4) is 0 Å². The topological polar surface area (TPSA) is 66.6 Å². The first kappa shape index (κ1) is 18.1. The Morgan fingerprint density at radius 1 is 1.39 bits per heavy atom. The highest BCUT2D eigenvalue weighted by Crippen LogP contribution is 2.35. The van der Waals surface area contributed by atoms with Crippen molar-refractivity contribution in [2.45, 2.75) is 18.2 Å². The van der Waals surface area contributed by atoms with Crippen molar-refractivity contribution in [3.05, 3.63) is 24.3 Å². The maximum absolute atomic E-state index is 12.6. The number of amides is 2. The average molecular weight is 356 g/mol. The summed E-state index contributed by atoms with van der Waals surface area (Å²) in [6.07, 6.45) is 0.926. The van der Waals surface area contributed by atoms with Gasteiger partial charge in [-0.2, -0.15) is 0 Å². The van der Waals surface area contributed by atoms with E-state index in [1.54, 1.807) is 4.90 Å². The summed E-state index contributed by atoms with van der Waals surface area (Å²) in [4.78, 5) is 29.3. The lowest BCUT2D eigenvalue weighted by Gasteiger charge is -2.30. The zero-order chi connectivity index (χ0) is 15.7. The van der Waals surface area contributed by atoms with Crippen LogP contribution in [0.25, 0.3) is 0 Å². The quantitative estimate of drug-likeness (QED) is 0.897. The van der Waals surface area contributed by atoms with E-state index >= 15 is 0 Å². The second kappa shape index (κ2) is 7.11. The van der Waals surface area contributed by atoms with Crippen molar-refractivity contribution < 1.29 is 9.59 Å². The van der Waals surface area contributed by atoms with Gasteiger partial charge in [-0.15, -0.1) is 24.2 Å². The number of carbonyl (C=O) groups excluding carboxylic acids is 2. The van der Waals surface area contributed by atoms with E-state index in [4.69, 9.17) is 5.73 Å². The van der Waals surface area contributed by atoms with E-state index in [1.165, 1.54) is 11.8 Å². The van der Waals surface area contributed by atoms with Crippen LogP contribution < -0.4 is 10.6 Å². The SMILES string of the molecule is CC1(CN)CCN(C(=O)CN2C(=O)CSc3ccccc32)C1.Cl. The van der Waals surface area contributed by atoms with Crippen LogP contribution >= 0.6 is 24.2 Å². The van der Waals surface area contributed by atoms with Crippen LogP contribution in [0.5, 0.6) is 0 Å². The number of halogens is 1. The van der Waals surface area contributed by atoms with Crippen LogP contribution in [-0.4, -0.2) is 48.6 Å². The molecule has 1 aromatic rings. The van der Waals surface area contributed by atoms with Gasteiger partial charge in [0.15, 0.2) is 0 Å². The second-order valence-electron chi connectivity index (χ2n) is 6.32. The number of rotatable bonds is 3. The van der Waals surface area contributed by atoms with Gasteiger partial charge in [0.05, 0.1) is 11.4 Å². The summed E-state index contributed by atoms with van der Waals surface area (Å²) in [5.74, 6) is 0.398. The maximum Gasteiger partial charge on any atom is 0.242 e. The Bertz CT molecular complexity index is 613. The van der Waals surface area contributed by atoms with Crippen molar-refractivity contribution in [2.24, 2.45) is 11.1 Å². The lowest BCUT2D eigenvalue weighted by molar-refractivity contribution is -0.130. The van der Waals surface area contributed by atoms with Crippen molar-refractivity contribution >= 4 is 41.7 Å². The summed E-state index contributed by atoms with van der Waals surface area (Å²) in [5, 5.41) is 0. The molecule has 0 saturated carbocycles. The number of para-hydroxylation sites is 1. The molecule has 126 valence electrons. The number of hydrogen-bond acceptors (Lipinski definition) is 4. The number of thioether (sulfide) groups is 1. The predicted molar refractivity (Wildman–Crippen MR) is 95.1 cm³/mol. The van der Waals surface area contributed by atoms with Gasteiger partial charge in [-0.1, -0.05) is 19.1 Å². The van der Waals surface area contributed by atoms with Gasteiger partial charge in [-0.25, -0.2) is 0 Å². The number of benzene rings is 1. The standard InChI is InChI=1S/C16H21N3O2S.ClH/c1-16(10-17)6-7-18(11-16)14(20)8-19-12-4-2-3-5-13(12)22-9-15(19)21;/h2-5H,6-11,17H2,1H3;1H. The van der Waals surface area contributed by atoms with Gasteiger partial charge in [0.2, 0.25) is 11.8 Å². The van der Waals surface area contributed by atoms with Crippen LogP contribution in [0.3, 0.4) is 0 Å². The fraction of sp³-hybridized carbons (Fsp3) is 0.500. The molecule has 2 aliphatic heterocycles. The minimum Gasteiger partial charge on any atom is -0.341 e. The summed E-state index contributed by atoms with van der Waals surface area (Å²) in [6, 6.07) is 7.75. The lowest BCUT2D eigenvalue weighted by atomic mass is 9.90. The first-order valence-electron chi connectivity index (χ1n) is 7.52. The molecule has 5 nitrogen and oxygen atoms in total. The summed E-state index contributed by atoms with van der Waals surface area (Å²) >= 11 is 1.53. The third-order valence-corrected chi connectivity index (χ3v) is 5.55. The molecule has 2 heterocycles. The Hall–Kier alpha value is -1.24. The number of likely N-dealkylation sites (tertiary alicyclic amines) is 1. The van der Waals surface area contributed by atoms with Gasteiger partial charge in [0.1, 0.15) is 6.54 Å². The number of fused-ring (bicyclic) bond motifs is 1. The Balaban J connectivity index is 0.00000192. The van der Waals surface area contributed by atoms with Crippen LogP contribution in [-0.2, 0) is 9.59 Å². The molecule has 0 bridgehead atoms. The number of nitrogens with two attached hydrogens (primary N) is 1. The smallest absolute Gasteiger partial charge is 0.242 e. The molecule has 7 heteroatoms. The molecular weight excluding hydrogens is 334 g/mol. The van der Waals surface area contributed by atoms with Crippen molar-refractivity contribution in [2.75, 3.05) is 36.8 Å². The summed E-state index contributed by atoms with van der Waals surface area (Å²) in [6.45, 7) is 4.22. The van der Waals surface area contributed by atoms with Gasteiger partial charge >= 0.3 is 0 Å². The fourth-order valence-corrected chi connectivity index (χ4v) is 3.90. The van der Waals surface area contributed by atoms with Gasteiger partial charge in [0.25, 0.3) is 0 Å². The van der Waals surface area contributed by atoms with Crippen molar-refractivity contribution in [3.63, 3.8) is 0 Å². The van der Waals surface area contributed by atoms with E-state index in [1.807, 2.05) is 29.2 Å². The number of carbonyl (C=O) groups is 2. The summed E-state index contributed by atoms with van der Waals surface area (Å²) < 4.78 is 0. The van der Waals surface area contributed by atoms with Gasteiger partial charge in [-0.05, 0) is 30.5 Å². The molecule has 3 rings (SSSR count). The van der Waals surface area contributed by atoms with Crippen LogP contribution in [0, 0.1) is 5.41 Å². The Labute approximate surface area is 147 Å². The third-order valence-electron chi connectivity index (χ3n) is 4.50. The van der Waals surface area contributed by atoms with Gasteiger partial charge < -0.3 is 15.5 Å². The molecule has 1 unspecified atom stereocenters. The van der Waals surface area contributed by atoms with E-state index < -0.39 is 0 Å². The van der Waals surface area contributed by atoms with Crippen LogP contribution in [0.2, 0.25) is 0 Å². The van der Waals surface area contributed by atoms with Crippen LogP contribution in [0.4, 0.5) is 5.69 Å². The molecule has 2 aliphatic rings. The average Bonchev–Trinajstić information content (AvgIpc) is 2.93. The minimum absolute atomic E-state index is 0. The summed E-state index contributed by atoms with van der Waals surface area (Å²) in [7, 11) is 0. The lowest BCUT2D eigenvalue weighted by Crippen LogP contribution is -2.45. The number of hydrogen-bond donors (Lipinski definition) is 1. The highest BCUT2D eigenvalue weighted by molar-refractivity contribution is 8.00.